The van der Waals surface area contributed by atoms with Crippen molar-refractivity contribution in [1.82, 2.24) is 16.1 Å². The van der Waals surface area contributed by atoms with Crippen LogP contribution in [0.2, 0.25) is 0 Å². The molecule has 2 aromatic carbocycles. The quantitative estimate of drug-likeness (QED) is 0.249. The van der Waals surface area contributed by atoms with Crippen LogP contribution in [0.5, 0.6) is 23.0 Å². The molecular formula is C25H28N4O8. The van der Waals surface area contributed by atoms with Gasteiger partial charge < -0.3 is 34.3 Å². The van der Waals surface area contributed by atoms with Crippen LogP contribution in [0.4, 0.5) is 4.79 Å². The molecule has 196 valence electrons. The number of nitrogens with one attached hydrogen (secondary N) is 3. The summed E-state index contributed by atoms with van der Waals surface area (Å²) in [6, 6.07) is 8.78. The Labute approximate surface area is 213 Å². The van der Waals surface area contributed by atoms with E-state index in [-0.39, 0.29) is 17.9 Å². The summed E-state index contributed by atoms with van der Waals surface area (Å²) in [5, 5.41) is 9.20. The van der Waals surface area contributed by atoms with E-state index in [9.17, 15) is 14.4 Å². The Hall–Kier alpha value is -4.74. The number of hydrogen-bond acceptors (Lipinski definition) is 9. The van der Waals surface area contributed by atoms with E-state index in [0.29, 0.717) is 34.1 Å². The molecule has 3 N–H and O–H groups in total. The van der Waals surface area contributed by atoms with Crippen molar-refractivity contribution < 1.29 is 38.1 Å². The second kappa shape index (κ2) is 12.3. The van der Waals surface area contributed by atoms with E-state index >= 15 is 0 Å². The first-order valence-electron chi connectivity index (χ1n) is 11.0. The van der Waals surface area contributed by atoms with Crippen LogP contribution in [-0.2, 0) is 14.3 Å². The molecule has 0 aromatic heterocycles. The second-order valence-corrected chi connectivity index (χ2v) is 7.66. The molecular weight excluding hydrogens is 484 g/mol. The molecule has 12 heteroatoms. The second-order valence-electron chi connectivity index (χ2n) is 7.66. The molecule has 0 aliphatic carbocycles. The third-order valence-corrected chi connectivity index (χ3v) is 5.38. The molecule has 0 saturated carbocycles. The van der Waals surface area contributed by atoms with E-state index in [2.05, 4.69) is 21.2 Å². The normalized spacial score (nSPS) is 14.9. The molecule has 0 fully saturated rings. The summed E-state index contributed by atoms with van der Waals surface area (Å²) in [6.45, 7) is 1.26. The molecule has 0 bridgehead atoms. The molecule has 37 heavy (non-hydrogen) atoms. The van der Waals surface area contributed by atoms with E-state index in [1.54, 1.807) is 50.4 Å². The lowest BCUT2D eigenvalue weighted by Gasteiger charge is -2.28. The lowest BCUT2D eigenvalue weighted by molar-refractivity contribution is -0.136. The van der Waals surface area contributed by atoms with Gasteiger partial charge in [0.25, 0.3) is 5.91 Å². The lowest BCUT2D eigenvalue weighted by atomic mass is 9.95. The number of carbonyl (C=O) groups is 3. The monoisotopic (exact) mass is 512 g/mol. The zero-order valence-corrected chi connectivity index (χ0v) is 21.0. The number of carbonyl (C=O) groups excluding carboxylic acids is 3. The van der Waals surface area contributed by atoms with E-state index in [0.717, 1.165) is 0 Å². The van der Waals surface area contributed by atoms with Gasteiger partial charge in [-0.05, 0) is 42.8 Å². The highest BCUT2D eigenvalue weighted by Gasteiger charge is 2.32. The summed E-state index contributed by atoms with van der Waals surface area (Å²) in [5.41, 5.74) is 4.18. The smallest absolute Gasteiger partial charge is 0.337 e. The van der Waals surface area contributed by atoms with Gasteiger partial charge in [0.15, 0.2) is 18.1 Å². The Kier molecular flexibility index (Phi) is 8.92. The van der Waals surface area contributed by atoms with Crippen molar-refractivity contribution in [2.45, 2.75) is 13.0 Å². The van der Waals surface area contributed by atoms with Crippen LogP contribution >= 0.6 is 0 Å². The average Bonchev–Trinajstić information content (AvgIpc) is 2.90. The number of benzene rings is 2. The highest BCUT2D eigenvalue weighted by Crippen LogP contribution is 2.34. The van der Waals surface area contributed by atoms with E-state index < -0.39 is 23.9 Å². The van der Waals surface area contributed by atoms with Crippen LogP contribution in [0.3, 0.4) is 0 Å². The fourth-order valence-electron chi connectivity index (χ4n) is 3.60. The van der Waals surface area contributed by atoms with Crippen LogP contribution < -0.4 is 35.0 Å². The van der Waals surface area contributed by atoms with E-state index in [1.165, 1.54) is 27.5 Å². The van der Waals surface area contributed by atoms with E-state index in [4.69, 9.17) is 23.7 Å². The molecule has 1 aliphatic heterocycles. The standard InChI is InChI=1S/C25H28N4O8/c1-14-22(24(31)36-5)23(28-25(32)27-14)15-6-8-19(20(11-15)35-4)37-13-21(30)29-26-12-16-10-17(33-2)7-9-18(16)34-3/h6-12,23H,13H2,1-5H3,(H,29,30)(H2,27,28,32)/b26-12-/t23-/m0/s1. The minimum absolute atomic E-state index is 0.253. The molecule has 0 spiro atoms. The third kappa shape index (κ3) is 6.48. The summed E-state index contributed by atoms with van der Waals surface area (Å²) in [4.78, 5) is 36.6. The Balaban J connectivity index is 1.69. The highest BCUT2D eigenvalue weighted by atomic mass is 16.5. The maximum atomic E-state index is 12.3. The number of amides is 3. The fourth-order valence-corrected chi connectivity index (χ4v) is 3.60. The summed E-state index contributed by atoms with van der Waals surface area (Å²) < 4.78 is 26.3. The van der Waals surface area contributed by atoms with Crippen LogP contribution in [0.25, 0.3) is 0 Å². The number of esters is 1. The molecule has 0 saturated heterocycles. The fraction of sp³-hybridized carbons (Fsp3) is 0.280. The van der Waals surface area contributed by atoms with Crippen LogP contribution in [0.1, 0.15) is 24.1 Å². The van der Waals surface area contributed by atoms with Gasteiger partial charge in [0.1, 0.15) is 11.5 Å². The number of urea groups is 1. The molecule has 1 heterocycles. The molecule has 0 unspecified atom stereocenters. The third-order valence-electron chi connectivity index (χ3n) is 5.38. The van der Waals surface area contributed by atoms with Gasteiger partial charge in [0.05, 0.1) is 46.3 Å². The summed E-state index contributed by atoms with van der Waals surface area (Å²) >= 11 is 0. The number of hydrazone groups is 1. The SMILES string of the molecule is COC(=O)C1=C(C)NC(=O)N[C@H]1c1ccc(OCC(=O)N/N=C\c2cc(OC)ccc2OC)c(OC)c1. The van der Waals surface area contributed by atoms with Gasteiger partial charge in [-0.2, -0.15) is 5.10 Å². The largest absolute Gasteiger partial charge is 0.497 e. The van der Waals surface area contributed by atoms with Crippen molar-refractivity contribution in [2.24, 2.45) is 5.10 Å². The summed E-state index contributed by atoms with van der Waals surface area (Å²) in [7, 11) is 5.76. The topological polar surface area (TPSA) is 146 Å². The average molecular weight is 513 g/mol. The summed E-state index contributed by atoms with van der Waals surface area (Å²) in [6.07, 6.45) is 1.43. The van der Waals surface area contributed by atoms with Gasteiger partial charge in [0.2, 0.25) is 0 Å². The van der Waals surface area contributed by atoms with Crippen LogP contribution in [0.15, 0.2) is 52.8 Å². The lowest BCUT2D eigenvalue weighted by Crippen LogP contribution is -2.45. The molecule has 1 atom stereocenters. The number of methoxy groups -OCH3 is 4. The Morgan fingerprint density at radius 2 is 1.73 bits per heavy atom. The van der Waals surface area contributed by atoms with Gasteiger partial charge >= 0.3 is 12.0 Å². The van der Waals surface area contributed by atoms with Crippen LogP contribution in [0, 0.1) is 0 Å². The zero-order valence-electron chi connectivity index (χ0n) is 21.0. The van der Waals surface area contributed by atoms with Crippen molar-refractivity contribution in [1.29, 1.82) is 0 Å². The Bertz CT molecular complexity index is 1240. The van der Waals surface area contributed by atoms with E-state index in [1.807, 2.05) is 0 Å². The highest BCUT2D eigenvalue weighted by molar-refractivity contribution is 5.95. The van der Waals surface area contributed by atoms with Gasteiger partial charge in [-0.25, -0.2) is 15.0 Å². The number of allylic oxidation sites excluding steroid dienone is 1. The van der Waals surface area contributed by atoms with Gasteiger partial charge in [-0.3, -0.25) is 4.79 Å². The maximum Gasteiger partial charge on any atom is 0.337 e. The zero-order chi connectivity index (χ0) is 26.9. The number of rotatable bonds is 10. The van der Waals surface area contributed by atoms with Gasteiger partial charge in [0, 0.05) is 11.3 Å². The van der Waals surface area contributed by atoms with Crippen molar-refractivity contribution in [2.75, 3.05) is 35.0 Å². The summed E-state index contributed by atoms with van der Waals surface area (Å²) in [5.74, 6) is 0.649. The number of ether oxygens (including phenoxy) is 5. The molecule has 1 aliphatic rings. The predicted octanol–water partition coefficient (Wildman–Crippen LogP) is 2.04. The van der Waals surface area contributed by atoms with Crippen molar-refractivity contribution in [3.8, 4) is 23.0 Å². The van der Waals surface area contributed by atoms with Crippen molar-refractivity contribution in [3.63, 3.8) is 0 Å². The Morgan fingerprint density at radius 1 is 1.00 bits per heavy atom. The minimum Gasteiger partial charge on any atom is -0.497 e. The molecule has 12 nitrogen and oxygen atoms in total. The first-order chi connectivity index (χ1) is 17.8. The van der Waals surface area contributed by atoms with Crippen molar-refractivity contribution >= 4 is 24.1 Å². The first-order valence-corrected chi connectivity index (χ1v) is 11.0. The van der Waals surface area contributed by atoms with Gasteiger partial charge in [-0.15, -0.1) is 0 Å². The molecule has 3 amide bonds. The molecule has 2 aromatic rings. The Morgan fingerprint density at radius 3 is 2.41 bits per heavy atom. The maximum absolute atomic E-state index is 12.3. The van der Waals surface area contributed by atoms with Crippen LogP contribution in [-0.4, -0.2) is 59.2 Å². The van der Waals surface area contributed by atoms with Gasteiger partial charge in [-0.1, -0.05) is 6.07 Å². The molecule has 0 radical (unpaired) electrons. The minimum atomic E-state index is -0.768. The predicted molar refractivity (Wildman–Crippen MR) is 133 cm³/mol. The first kappa shape index (κ1) is 26.9. The van der Waals surface area contributed by atoms with Crippen molar-refractivity contribution in [3.05, 3.63) is 58.8 Å². The number of nitrogens with zero attached hydrogens (tertiary/aromatic N) is 1. The number of hydrogen-bond donors (Lipinski definition) is 3. The molecule has 3 rings (SSSR count).